The number of benzene rings is 2. The first-order valence-electron chi connectivity index (χ1n) is 9.28. The molecule has 0 spiro atoms. The maximum absolute atomic E-state index is 13.4. The number of hydrogen-bond acceptors (Lipinski definition) is 6. The van der Waals surface area contributed by atoms with E-state index < -0.39 is 5.92 Å². The number of halogens is 1. The first-order valence-corrected chi connectivity index (χ1v) is 9.28. The van der Waals surface area contributed by atoms with Crippen molar-refractivity contribution in [3.63, 3.8) is 0 Å². The fourth-order valence-electron chi connectivity index (χ4n) is 3.97. The van der Waals surface area contributed by atoms with Gasteiger partial charge in [0.1, 0.15) is 12.1 Å². The maximum atomic E-state index is 13.4. The van der Waals surface area contributed by atoms with Crippen molar-refractivity contribution in [2.75, 3.05) is 26.3 Å². The number of carbonyl (C=O) groups is 1. The van der Waals surface area contributed by atoms with Gasteiger partial charge in [-0.25, -0.2) is 9.37 Å². The molecule has 9 heteroatoms. The van der Waals surface area contributed by atoms with Gasteiger partial charge in [-0.05, 0) is 30.3 Å². The number of rotatable bonds is 4. The predicted molar refractivity (Wildman–Crippen MR) is 104 cm³/mol. The van der Waals surface area contributed by atoms with E-state index in [1.54, 1.807) is 24.5 Å². The third kappa shape index (κ3) is 2.73. The predicted octanol–water partition coefficient (Wildman–Crippen LogP) is 3.23. The Bertz CT molecular complexity index is 1140. The van der Waals surface area contributed by atoms with Gasteiger partial charge >= 0.3 is 0 Å². The van der Waals surface area contributed by atoms with Crippen LogP contribution in [0.3, 0.4) is 0 Å². The molecule has 3 heterocycles. The number of hydrogen-bond donors (Lipinski definition) is 1. The van der Waals surface area contributed by atoms with Gasteiger partial charge in [0.25, 0.3) is 0 Å². The Labute approximate surface area is 171 Å². The summed E-state index contributed by atoms with van der Waals surface area (Å²) in [6, 6.07) is 7.86. The van der Waals surface area contributed by atoms with Crippen LogP contribution in [0, 0.1) is 5.82 Å². The zero-order valence-corrected chi connectivity index (χ0v) is 16.3. The fraction of sp³-hybridized carbons (Fsp3) is 0.238. The van der Waals surface area contributed by atoms with Crippen molar-refractivity contribution < 1.29 is 28.1 Å². The van der Waals surface area contributed by atoms with Gasteiger partial charge in [-0.2, -0.15) is 0 Å². The van der Waals surface area contributed by atoms with Crippen LogP contribution in [-0.4, -0.2) is 36.5 Å². The van der Waals surface area contributed by atoms with Gasteiger partial charge in [-0.3, -0.25) is 4.79 Å². The molecule has 1 N–H and O–H groups in total. The minimum atomic E-state index is -0.403. The molecule has 0 aliphatic carbocycles. The summed E-state index contributed by atoms with van der Waals surface area (Å²) in [5.74, 6) is 1.39. The topological polar surface area (TPSA) is 83.8 Å². The molecule has 1 aromatic heterocycles. The summed E-state index contributed by atoms with van der Waals surface area (Å²) >= 11 is 0. The molecule has 154 valence electrons. The Morgan fingerprint density at radius 1 is 1.17 bits per heavy atom. The highest BCUT2D eigenvalue weighted by Gasteiger charge is 2.37. The second-order valence-electron chi connectivity index (χ2n) is 6.90. The van der Waals surface area contributed by atoms with Crippen molar-refractivity contribution in [2.24, 2.45) is 0 Å². The Balaban J connectivity index is 1.72. The summed E-state index contributed by atoms with van der Waals surface area (Å²) < 4.78 is 37.6. The van der Waals surface area contributed by atoms with Crippen LogP contribution in [0.5, 0.6) is 23.0 Å². The number of methoxy groups -OCH3 is 2. The molecule has 30 heavy (non-hydrogen) atoms. The second-order valence-corrected chi connectivity index (χ2v) is 6.90. The summed E-state index contributed by atoms with van der Waals surface area (Å²) in [5.41, 5.74) is 2.18. The van der Waals surface area contributed by atoms with Crippen molar-refractivity contribution in [3.8, 4) is 28.7 Å². The number of carbonyl (C=O) groups excluding carboxylic acids is 1. The Morgan fingerprint density at radius 2 is 1.93 bits per heavy atom. The Morgan fingerprint density at radius 3 is 2.67 bits per heavy atom. The molecule has 1 amide bonds. The smallest absolute Gasteiger partial charge is 0.231 e. The molecule has 3 aromatic rings. The standard InChI is InChI=1S/C21H18FN3O5/c1-27-15-7-14(18(28-2)20-19(15)29-10-30-20)13-8-16(26)24-21-17(13)25(9-23-21)12-5-3-11(22)4-6-12/h3-7,9,13H,8,10H2,1-2H3,(H,24,26). The summed E-state index contributed by atoms with van der Waals surface area (Å²) in [4.78, 5) is 16.8. The van der Waals surface area contributed by atoms with E-state index in [-0.39, 0.29) is 24.9 Å². The molecule has 5 rings (SSSR count). The molecule has 0 saturated heterocycles. The van der Waals surface area contributed by atoms with Crippen molar-refractivity contribution in [2.45, 2.75) is 12.3 Å². The van der Waals surface area contributed by atoms with Crippen LogP contribution < -0.4 is 24.3 Å². The van der Waals surface area contributed by atoms with Crippen molar-refractivity contribution in [1.82, 2.24) is 9.55 Å². The molecule has 2 aliphatic heterocycles. The summed E-state index contributed by atoms with van der Waals surface area (Å²) in [6.45, 7) is 0.0510. The largest absolute Gasteiger partial charge is 0.493 e. The van der Waals surface area contributed by atoms with E-state index in [0.29, 0.717) is 34.4 Å². The van der Waals surface area contributed by atoms with Gasteiger partial charge in [0.2, 0.25) is 24.2 Å². The lowest BCUT2D eigenvalue weighted by Gasteiger charge is -2.26. The third-order valence-corrected chi connectivity index (χ3v) is 5.28. The molecule has 0 saturated carbocycles. The van der Waals surface area contributed by atoms with E-state index in [2.05, 4.69) is 10.3 Å². The number of fused-ring (bicyclic) bond motifs is 2. The molecule has 1 atom stereocenters. The quantitative estimate of drug-likeness (QED) is 0.710. The summed E-state index contributed by atoms with van der Waals surface area (Å²) in [7, 11) is 3.07. The normalized spacial score (nSPS) is 16.8. The lowest BCUT2D eigenvalue weighted by molar-refractivity contribution is -0.116. The van der Waals surface area contributed by atoms with Crippen molar-refractivity contribution >= 4 is 11.7 Å². The zero-order chi connectivity index (χ0) is 20.8. The van der Waals surface area contributed by atoms with Crippen LogP contribution in [0.15, 0.2) is 36.7 Å². The van der Waals surface area contributed by atoms with E-state index in [9.17, 15) is 9.18 Å². The second kappa shape index (κ2) is 6.94. The number of anilines is 1. The van der Waals surface area contributed by atoms with Crippen LogP contribution in [0.4, 0.5) is 10.2 Å². The van der Waals surface area contributed by atoms with Gasteiger partial charge in [-0.1, -0.05) is 0 Å². The molecule has 1 unspecified atom stereocenters. The molecular weight excluding hydrogens is 393 g/mol. The van der Waals surface area contributed by atoms with Gasteiger partial charge in [0, 0.05) is 23.6 Å². The highest BCUT2D eigenvalue weighted by atomic mass is 19.1. The van der Waals surface area contributed by atoms with Crippen molar-refractivity contribution in [1.29, 1.82) is 0 Å². The van der Waals surface area contributed by atoms with Crippen LogP contribution >= 0.6 is 0 Å². The molecular formula is C21H18FN3O5. The number of nitrogens with one attached hydrogen (secondary N) is 1. The third-order valence-electron chi connectivity index (χ3n) is 5.28. The average Bonchev–Trinajstić information content (AvgIpc) is 3.40. The number of nitrogens with zero attached hydrogens (tertiary/aromatic N) is 2. The lowest BCUT2D eigenvalue weighted by atomic mass is 9.88. The molecule has 2 aliphatic rings. The minimum absolute atomic E-state index is 0.0510. The molecule has 2 aromatic carbocycles. The van der Waals surface area contributed by atoms with E-state index in [1.807, 2.05) is 4.57 Å². The highest BCUT2D eigenvalue weighted by molar-refractivity contribution is 5.94. The van der Waals surface area contributed by atoms with E-state index >= 15 is 0 Å². The Kier molecular flexibility index (Phi) is 4.23. The van der Waals surface area contributed by atoms with Gasteiger partial charge in [0.05, 0.1) is 19.9 Å². The first-order chi connectivity index (χ1) is 14.6. The number of imidazole rings is 1. The molecule has 8 nitrogen and oxygen atoms in total. The van der Waals surface area contributed by atoms with E-state index in [4.69, 9.17) is 18.9 Å². The Hall–Kier alpha value is -3.75. The van der Waals surface area contributed by atoms with Crippen LogP contribution in [0.1, 0.15) is 23.6 Å². The number of aromatic nitrogens is 2. The van der Waals surface area contributed by atoms with Crippen LogP contribution in [0.25, 0.3) is 5.69 Å². The lowest BCUT2D eigenvalue weighted by Crippen LogP contribution is -2.25. The molecule has 0 radical (unpaired) electrons. The first kappa shape index (κ1) is 18.3. The van der Waals surface area contributed by atoms with Crippen molar-refractivity contribution in [3.05, 3.63) is 53.7 Å². The summed E-state index contributed by atoms with van der Waals surface area (Å²) in [5, 5.41) is 2.81. The number of ether oxygens (including phenoxy) is 4. The van der Waals surface area contributed by atoms with Gasteiger partial charge in [-0.15, -0.1) is 0 Å². The maximum Gasteiger partial charge on any atom is 0.231 e. The van der Waals surface area contributed by atoms with Gasteiger partial charge in [0.15, 0.2) is 17.3 Å². The average molecular weight is 411 g/mol. The monoisotopic (exact) mass is 411 g/mol. The fourth-order valence-corrected chi connectivity index (χ4v) is 3.97. The minimum Gasteiger partial charge on any atom is -0.493 e. The van der Waals surface area contributed by atoms with E-state index in [0.717, 1.165) is 11.4 Å². The molecule has 0 bridgehead atoms. The highest BCUT2D eigenvalue weighted by Crippen LogP contribution is 2.53. The summed E-state index contributed by atoms with van der Waals surface area (Å²) in [6.07, 6.45) is 1.77. The van der Waals surface area contributed by atoms with Crippen LogP contribution in [-0.2, 0) is 4.79 Å². The number of amides is 1. The zero-order valence-electron chi connectivity index (χ0n) is 16.3. The van der Waals surface area contributed by atoms with E-state index in [1.165, 1.54) is 26.4 Å². The molecule has 0 fully saturated rings. The SMILES string of the molecule is COc1cc(C2CC(=O)Nc3ncn(-c4ccc(F)cc4)c32)c(OC)c2c1OCO2. The van der Waals surface area contributed by atoms with Crippen LogP contribution in [0.2, 0.25) is 0 Å². The van der Waals surface area contributed by atoms with Gasteiger partial charge < -0.3 is 28.8 Å².